The second-order valence-corrected chi connectivity index (χ2v) is 6.51. The summed E-state index contributed by atoms with van der Waals surface area (Å²) in [4.78, 5) is 28.6. The maximum Gasteiger partial charge on any atom is 0.256 e. The quantitative estimate of drug-likeness (QED) is 0.701. The lowest BCUT2D eigenvalue weighted by molar-refractivity contribution is 0.100. The fourth-order valence-corrected chi connectivity index (χ4v) is 3.62. The molecule has 0 bridgehead atoms. The molecule has 0 saturated heterocycles. The normalized spacial score (nSPS) is 10.5. The minimum absolute atomic E-state index is 0.107. The van der Waals surface area contributed by atoms with E-state index in [1.165, 1.54) is 23.6 Å². The van der Waals surface area contributed by atoms with E-state index in [0.29, 0.717) is 10.6 Å². The van der Waals surface area contributed by atoms with Crippen molar-refractivity contribution in [2.45, 2.75) is 6.92 Å². The molecule has 0 atom stereocenters. The standard InChI is InChI=1S/C18H14FN3O2S/c1-10-14(11-5-3-2-4-6-11)15(16(20)23)18(25-10)22-17(24)12-7-8-21-13(19)9-12/h2-9H,1H3,(H2,20,23)(H,22,24). The van der Waals surface area contributed by atoms with E-state index < -0.39 is 17.8 Å². The van der Waals surface area contributed by atoms with Gasteiger partial charge in [0.15, 0.2) is 0 Å². The third-order valence-electron chi connectivity index (χ3n) is 3.61. The van der Waals surface area contributed by atoms with Crippen LogP contribution < -0.4 is 11.1 Å². The van der Waals surface area contributed by atoms with E-state index in [1.807, 2.05) is 37.3 Å². The molecule has 0 aliphatic rings. The SMILES string of the molecule is Cc1sc(NC(=O)c2ccnc(F)c2)c(C(N)=O)c1-c1ccccc1. The second kappa shape index (κ2) is 6.82. The molecular formula is C18H14FN3O2S. The average molecular weight is 355 g/mol. The summed E-state index contributed by atoms with van der Waals surface area (Å²) in [6.07, 6.45) is 1.20. The van der Waals surface area contributed by atoms with E-state index in [2.05, 4.69) is 10.3 Å². The molecule has 0 unspecified atom stereocenters. The van der Waals surface area contributed by atoms with Gasteiger partial charge in [0.1, 0.15) is 5.00 Å². The predicted molar refractivity (Wildman–Crippen MR) is 95.2 cm³/mol. The van der Waals surface area contributed by atoms with E-state index in [0.717, 1.165) is 16.5 Å². The van der Waals surface area contributed by atoms with Gasteiger partial charge in [-0.15, -0.1) is 11.3 Å². The Morgan fingerprint density at radius 1 is 1.20 bits per heavy atom. The number of pyridine rings is 1. The van der Waals surface area contributed by atoms with E-state index in [4.69, 9.17) is 5.73 Å². The van der Waals surface area contributed by atoms with Crippen molar-refractivity contribution in [1.29, 1.82) is 0 Å². The largest absolute Gasteiger partial charge is 0.365 e. The van der Waals surface area contributed by atoms with Crippen LogP contribution in [0, 0.1) is 12.9 Å². The monoisotopic (exact) mass is 355 g/mol. The van der Waals surface area contributed by atoms with Crippen molar-refractivity contribution >= 4 is 28.2 Å². The first kappa shape index (κ1) is 16.8. The van der Waals surface area contributed by atoms with Gasteiger partial charge in [-0.2, -0.15) is 4.39 Å². The molecule has 3 N–H and O–H groups in total. The van der Waals surface area contributed by atoms with Crippen molar-refractivity contribution in [1.82, 2.24) is 4.98 Å². The van der Waals surface area contributed by atoms with Crippen molar-refractivity contribution in [2.24, 2.45) is 5.73 Å². The Morgan fingerprint density at radius 2 is 1.92 bits per heavy atom. The molecule has 25 heavy (non-hydrogen) atoms. The van der Waals surface area contributed by atoms with Crippen LogP contribution in [0.3, 0.4) is 0 Å². The summed E-state index contributed by atoms with van der Waals surface area (Å²) in [7, 11) is 0. The molecule has 2 heterocycles. The highest BCUT2D eigenvalue weighted by Crippen LogP contribution is 2.39. The number of carbonyl (C=O) groups excluding carboxylic acids is 2. The highest BCUT2D eigenvalue weighted by atomic mass is 32.1. The third kappa shape index (κ3) is 3.41. The third-order valence-corrected chi connectivity index (χ3v) is 4.63. The van der Waals surface area contributed by atoms with Gasteiger partial charge in [0.05, 0.1) is 5.56 Å². The van der Waals surface area contributed by atoms with Crippen molar-refractivity contribution in [3.05, 3.63) is 70.6 Å². The van der Waals surface area contributed by atoms with Crippen LogP contribution in [0.5, 0.6) is 0 Å². The first-order chi connectivity index (χ1) is 12.0. The first-order valence-electron chi connectivity index (χ1n) is 7.39. The van der Waals surface area contributed by atoms with Crippen molar-refractivity contribution in [2.75, 3.05) is 5.32 Å². The van der Waals surface area contributed by atoms with Gasteiger partial charge >= 0.3 is 0 Å². The Labute approximate surface area is 147 Å². The Kier molecular flexibility index (Phi) is 4.58. The lowest BCUT2D eigenvalue weighted by Gasteiger charge is -2.07. The summed E-state index contributed by atoms with van der Waals surface area (Å²) in [5, 5.41) is 2.99. The molecule has 1 aromatic carbocycles. The van der Waals surface area contributed by atoms with Gasteiger partial charge in [-0.3, -0.25) is 9.59 Å². The summed E-state index contributed by atoms with van der Waals surface area (Å²) in [6, 6.07) is 11.7. The smallest absolute Gasteiger partial charge is 0.256 e. The maximum atomic E-state index is 13.2. The van der Waals surface area contributed by atoms with Gasteiger partial charge in [-0.25, -0.2) is 4.98 Å². The van der Waals surface area contributed by atoms with Crippen LogP contribution in [-0.4, -0.2) is 16.8 Å². The summed E-state index contributed by atoms with van der Waals surface area (Å²) < 4.78 is 13.2. The summed E-state index contributed by atoms with van der Waals surface area (Å²) in [5.74, 6) is -1.93. The minimum Gasteiger partial charge on any atom is -0.365 e. The van der Waals surface area contributed by atoms with Gasteiger partial charge in [0.25, 0.3) is 11.8 Å². The number of thiophene rings is 1. The number of hydrogen-bond donors (Lipinski definition) is 2. The van der Waals surface area contributed by atoms with E-state index >= 15 is 0 Å². The molecule has 0 spiro atoms. The van der Waals surface area contributed by atoms with Gasteiger partial charge in [-0.1, -0.05) is 30.3 Å². The second-order valence-electron chi connectivity index (χ2n) is 5.29. The molecule has 0 fully saturated rings. The molecule has 2 aromatic heterocycles. The van der Waals surface area contributed by atoms with Crippen LogP contribution in [-0.2, 0) is 0 Å². The number of aromatic nitrogens is 1. The molecule has 126 valence electrons. The number of amides is 2. The topological polar surface area (TPSA) is 85.1 Å². The Hall–Kier alpha value is -3.06. The Morgan fingerprint density at radius 3 is 2.56 bits per heavy atom. The molecule has 0 aliphatic carbocycles. The molecule has 0 radical (unpaired) electrons. The number of hydrogen-bond acceptors (Lipinski definition) is 4. The molecule has 5 nitrogen and oxygen atoms in total. The van der Waals surface area contributed by atoms with Crippen molar-refractivity contribution in [3.8, 4) is 11.1 Å². The van der Waals surface area contributed by atoms with E-state index in [-0.39, 0.29) is 11.1 Å². The van der Waals surface area contributed by atoms with Crippen LogP contribution in [0.25, 0.3) is 11.1 Å². The predicted octanol–water partition coefficient (Wildman–Crippen LogP) is 3.61. The number of nitrogens with two attached hydrogens (primary N) is 1. The number of nitrogens with one attached hydrogen (secondary N) is 1. The van der Waals surface area contributed by atoms with Gasteiger partial charge in [-0.05, 0) is 18.6 Å². The fourth-order valence-electron chi connectivity index (χ4n) is 2.54. The number of carbonyl (C=O) groups is 2. The minimum atomic E-state index is -0.755. The Balaban J connectivity index is 2.03. The molecular weight excluding hydrogens is 341 g/mol. The summed E-state index contributed by atoms with van der Waals surface area (Å²) >= 11 is 1.25. The Bertz CT molecular complexity index is 954. The molecule has 3 aromatic rings. The highest BCUT2D eigenvalue weighted by molar-refractivity contribution is 7.17. The number of benzene rings is 1. The van der Waals surface area contributed by atoms with Crippen LogP contribution >= 0.6 is 11.3 Å². The summed E-state index contributed by atoms with van der Waals surface area (Å²) in [5.41, 5.74) is 7.43. The van der Waals surface area contributed by atoms with Crippen molar-refractivity contribution in [3.63, 3.8) is 0 Å². The van der Waals surface area contributed by atoms with Crippen molar-refractivity contribution < 1.29 is 14.0 Å². The van der Waals surface area contributed by atoms with Gasteiger partial charge < -0.3 is 11.1 Å². The molecule has 2 amide bonds. The van der Waals surface area contributed by atoms with Crippen LogP contribution in [0.15, 0.2) is 48.7 Å². The highest BCUT2D eigenvalue weighted by Gasteiger charge is 2.23. The van der Waals surface area contributed by atoms with E-state index in [9.17, 15) is 14.0 Å². The number of anilines is 1. The van der Waals surface area contributed by atoms with Gasteiger partial charge in [0.2, 0.25) is 5.95 Å². The number of aryl methyl sites for hydroxylation is 1. The summed E-state index contributed by atoms with van der Waals surface area (Å²) in [6.45, 7) is 1.85. The van der Waals surface area contributed by atoms with Crippen LogP contribution in [0.1, 0.15) is 25.6 Å². The lowest BCUT2D eigenvalue weighted by atomic mass is 10.0. The van der Waals surface area contributed by atoms with Crippen LogP contribution in [0.4, 0.5) is 9.39 Å². The number of primary amides is 1. The van der Waals surface area contributed by atoms with Gasteiger partial charge in [0, 0.05) is 28.3 Å². The molecule has 0 aliphatic heterocycles. The number of halogens is 1. The fraction of sp³-hybridized carbons (Fsp3) is 0.0556. The average Bonchev–Trinajstić information content (AvgIpc) is 2.91. The zero-order chi connectivity index (χ0) is 18.0. The van der Waals surface area contributed by atoms with E-state index in [1.54, 1.807) is 0 Å². The molecule has 0 saturated carbocycles. The molecule has 3 rings (SSSR count). The van der Waals surface area contributed by atoms with Crippen LogP contribution in [0.2, 0.25) is 0 Å². The number of rotatable bonds is 4. The number of nitrogens with zero attached hydrogens (tertiary/aromatic N) is 1. The maximum absolute atomic E-state index is 13.2. The first-order valence-corrected chi connectivity index (χ1v) is 8.20. The lowest BCUT2D eigenvalue weighted by Crippen LogP contribution is -2.17. The zero-order valence-corrected chi connectivity index (χ0v) is 14.1. The zero-order valence-electron chi connectivity index (χ0n) is 13.2. The molecule has 7 heteroatoms.